The summed E-state index contributed by atoms with van der Waals surface area (Å²) < 4.78 is 0. The molecular weight excluding hydrogens is 516 g/mol. The predicted molar refractivity (Wildman–Crippen MR) is 187 cm³/mol. The number of rotatable bonds is 32. The van der Waals surface area contributed by atoms with Crippen LogP contribution in [0.5, 0.6) is 0 Å². The Morgan fingerprint density at radius 2 is 0.810 bits per heavy atom. The summed E-state index contributed by atoms with van der Waals surface area (Å²) >= 11 is 0. The third-order valence-corrected chi connectivity index (χ3v) is 8.04. The van der Waals surface area contributed by atoms with Crippen LogP contribution in [0.4, 0.5) is 0 Å². The molecule has 250 valence electrons. The van der Waals surface area contributed by atoms with Crippen LogP contribution in [-0.4, -0.2) is 18.4 Å². The molecule has 0 aliphatic rings. The van der Waals surface area contributed by atoms with Crippen molar-refractivity contribution in [1.29, 1.82) is 0 Å². The Kier molecular flexibility index (Phi) is 40.4. The largest absolute Gasteiger partial charge is 0.370 e. The molecule has 3 N–H and O–H groups in total. The van der Waals surface area contributed by atoms with Gasteiger partial charge in [-0.1, -0.05) is 174 Å². The predicted octanol–water partition coefficient (Wildman–Crippen LogP) is 11.9. The highest BCUT2D eigenvalue weighted by Crippen LogP contribution is 2.14. The lowest BCUT2D eigenvalue weighted by molar-refractivity contribution is -0.121. The Labute approximate surface area is 264 Å². The van der Waals surface area contributed by atoms with Crippen LogP contribution >= 0.6 is 0 Å². The lowest BCUT2D eigenvalue weighted by Crippen LogP contribution is -2.23. The van der Waals surface area contributed by atoms with Crippen molar-refractivity contribution >= 4 is 11.8 Å². The first kappa shape index (κ1) is 42.8. The van der Waals surface area contributed by atoms with Gasteiger partial charge in [-0.15, -0.1) is 0 Å². The number of hydrogen-bond donors (Lipinski definition) is 2. The molecule has 0 aromatic carbocycles. The molecule has 0 saturated heterocycles. The lowest BCUT2D eigenvalue weighted by Gasteiger charge is -2.05. The maximum absolute atomic E-state index is 11.7. The van der Waals surface area contributed by atoms with Crippen LogP contribution in [-0.2, 0) is 9.59 Å². The van der Waals surface area contributed by atoms with Crippen LogP contribution in [0, 0.1) is 0 Å². The van der Waals surface area contributed by atoms with Crippen molar-refractivity contribution in [2.75, 3.05) is 6.54 Å². The standard InChI is InChI=1S/C24H49NO.C14H27NO/c1-3-5-7-9-10-11-12-13-14-15-16-17-18-19-20-22-24(26)25-23-21-8-6-4-2;1-2-3-4-5-6-7-8-9-10-11-12-13-14(15)16/h3-23H2,1-2H3,(H,25,26);5-6H,2-4,7-13H2,1H3,(H2,15,16)/b;6-5-. The second kappa shape index (κ2) is 39.7. The second-order valence-electron chi connectivity index (χ2n) is 12.5. The first-order chi connectivity index (χ1) is 20.6. The van der Waals surface area contributed by atoms with Gasteiger partial charge >= 0.3 is 0 Å². The molecule has 0 aromatic heterocycles. The van der Waals surface area contributed by atoms with Crippen molar-refractivity contribution in [3.8, 4) is 0 Å². The van der Waals surface area contributed by atoms with Gasteiger partial charge < -0.3 is 11.1 Å². The fraction of sp³-hybridized carbons (Fsp3) is 0.895. The number of carbonyl (C=O) groups excluding carboxylic acids is 2. The van der Waals surface area contributed by atoms with E-state index in [4.69, 9.17) is 5.73 Å². The van der Waals surface area contributed by atoms with Crippen molar-refractivity contribution < 1.29 is 9.59 Å². The minimum absolute atomic E-state index is 0.168. The topological polar surface area (TPSA) is 72.2 Å². The molecule has 4 heteroatoms. The molecule has 0 heterocycles. The lowest BCUT2D eigenvalue weighted by atomic mass is 10.0. The molecule has 0 radical (unpaired) electrons. The molecule has 42 heavy (non-hydrogen) atoms. The van der Waals surface area contributed by atoms with Gasteiger partial charge in [0.1, 0.15) is 0 Å². The smallest absolute Gasteiger partial charge is 0.219 e. The maximum atomic E-state index is 11.7. The van der Waals surface area contributed by atoms with E-state index in [1.54, 1.807) is 0 Å². The molecule has 0 aliphatic carbocycles. The zero-order valence-electron chi connectivity index (χ0n) is 29.0. The molecule has 0 fully saturated rings. The molecular formula is C38H76N2O2. The highest BCUT2D eigenvalue weighted by Gasteiger charge is 2.00. The Morgan fingerprint density at radius 1 is 0.452 bits per heavy atom. The summed E-state index contributed by atoms with van der Waals surface area (Å²) in [5, 5.41) is 3.05. The van der Waals surface area contributed by atoms with Gasteiger partial charge in [0, 0.05) is 19.4 Å². The Morgan fingerprint density at radius 3 is 1.26 bits per heavy atom. The monoisotopic (exact) mass is 593 g/mol. The van der Waals surface area contributed by atoms with E-state index in [2.05, 4.69) is 38.2 Å². The normalized spacial score (nSPS) is 11.0. The van der Waals surface area contributed by atoms with E-state index in [0.717, 1.165) is 38.6 Å². The molecule has 0 spiro atoms. The summed E-state index contributed by atoms with van der Waals surface area (Å²) in [6, 6.07) is 0. The van der Waals surface area contributed by atoms with E-state index in [9.17, 15) is 9.59 Å². The van der Waals surface area contributed by atoms with Crippen LogP contribution in [0.2, 0.25) is 0 Å². The van der Waals surface area contributed by atoms with Crippen molar-refractivity contribution in [1.82, 2.24) is 5.32 Å². The molecule has 0 bridgehead atoms. The number of primary amides is 1. The van der Waals surface area contributed by atoms with Crippen LogP contribution in [0.3, 0.4) is 0 Å². The van der Waals surface area contributed by atoms with Crippen molar-refractivity contribution in [2.24, 2.45) is 5.73 Å². The Bertz CT molecular complexity index is 561. The van der Waals surface area contributed by atoms with E-state index < -0.39 is 0 Å². The fourth-order valence-electron chi connectivity index (χ4n) is 5.17. The highest BCUT2D eigenvalue weighted by molar-refractivity contribution is 5.75. The second-order valence-corrected chi connectivity index (χ2v) is 12.5. The van der Waals surface area contributed by atoms with Crippen LogP contribution in [0.1, 0.15) is 213 Å². The van der Waals surface area contributed by atoms with E-state index in [-0.39, 0.29) is 11.8 Å². The van der Waals surface area contributed by atoms with Crippen molar-refractivity contribution in [2.45, 2.75) is 213 Å². The van der Waals surface area contributed by atoms with Gasteiger partial charge in [-0.2, -0.15) is 0 Å². The Balaban J connectivity index is 0. The SMILES string of the molecule is CCCC/C=C\CCCCCCCC(N)=O.CCCCCCCCCCCCCCCCCC(=O)NCCCCCC. The molecule has 0 aromatic rings. The molecule has 0 saturated carbocycles. The zero-order valence-corrected chi connectivity index (χ0v) is 29.0. The van der Waals surface area contributed by atoms with Gasteiger partial charge in [0.05, 0.1) is 0 Å². The first-order valence-electron chi connectivity index (χ1n) is 18.8. The number of nitrogens with two attached hydrogens (primary N) is 1. The quantitative estimate of drug-likeness (QED) is 0.0602. The average Bonchev–Trinajstić information content (AvgIpc) is 2.98. The maximum Gasteiger partial charge on any atom is 0.219 e. The van der Waals surface area contributed by atoms with Crippen molar-refractivity contribution in [3.63, 3.8) is 0 Å². The molecule has 0 aliphatic heterocycles. The molecule has 2 amide bonds. The number of unbranched alkanes of at least 4 members (excludes halogenated alkanes) is 24. The van der Waals surface area contributed by atoms with E-state index in [1.807, 2.05) is 0 Å². The van der Waals surface area contributed by atoms with Gasteiger partial charge in [-0.25, -0.2) is 0 Å². The summed E-state index contributed by atoms with van der Waals surface area (Å²) in [5.74, 6) is 0.0926. The van der Waals surface area contributed by atoms with Gasteiger partial charge in [-0.05, 0) is 38.5 Å². The fourth-order valence-corrected chi connectivity index (χ4v) is 5.17. The number of amides is 2. The van der Waals surface area contributed by atoms with E-state index >= 15 is 0 Å². The van der Waals surface area contributed by atoms with Gasteiger partial charge in [0.15, 0.2) is 0 Å². The molecule has 0 unspecified atom stereocenters. The summed E-state index contributed by atoms with van der Waals surface area (Å²) in [6.07, 6.45) is 42.4. The average molecular weight is 593 g/mol. The first-order valence-corrected chi connectivity index (χ1v) is 18.8. The van der Waals surface area contributed by atoms with Gasteiger partial charge in [-0.3, -0.25) is 9.59 Å². The van der Waals surface area contributed by atoms with Crippen LogP contribution < -0.4 is 11.1 Å². The zero-order chi connectivity index (χ0) is 31.2. The summed E-state index contributed by atoms with van der Waals surface area (Å²) in [6.45, 7) is 7.60. The number of allylic oxidation sites excluding steroid dienone is 2. The third-order valence-electron chi connectivity index (χ3n) is 8.04. The molecule has 0 rings (SSSR count). The van der Waals surface area contributed by atoms with Gasteiger partial charge in [0.2, 0.25) is 11.8 Å². The molecule has 4 nitrogen and oxygen atoms in total. The highest BCUT2D eigenvalue weighted by atomic mass is 16.1. The van der Waals surface area contributed by atoms with E-state index in [1.165, 1.54) is 154 Å². The minimum Gasteiger partial charge on any atom is -0.370 e. The number of nitrogens with one attached hydrogen (secondary N) is 1. The van der Waals surface area contributed by atoms with E-state index in [0.29, 0.717) is 6.42 Å². The number of hydrogen-bond acceptors (Lipinski definition) is 2. The summed E-state index contributed by atoms with van der Waals surface area (Å²) in [7, 11) is 0. The minimum atomic E-state index is -0.168. The van der Waals surface area contributed by atoms with Crippen molar-refractivity contribution in [3.05, 3.63) is 12.2 Å². The number of carbonyl (C=O) groups is 2. The third kappa shape index (κ3) is 43.1. The van der Waals surface area contributed by atoms with Gasteiger partial charge in [0.25, 0.3) is 0 Å². The molecule has 0 atom stereocenters. The summed E-state index contributed by atoms with van der Waals surface area (Å²) in [5.41, 5.74) is 5.06. The summed E-state index contributed by atoms with van der Waals surface area (Å²) in [4.78, 5) is 22.2. The van der Waals surface area contributed by atoms with Crippen LogP contribution in [0.25, 0.3) is 0 Å². The Hall–Kier alpha value is -1.32. The van der Waals surface area contributed by atoms with Crippen LogP contribution in [0.15, 0.2) is 12.2 Å².